The van der Waals surface area contributed by atoms with Crippen LogP contribution in [0.4, 0.5) is 5.69 Å². The number of benzene rings is 2. The summed E-state index contributed by atoms with van der Waals surface area (Å²) in [6.07, 6.45) is 14.5. The fourth-order valence-electron chi connectivity index (χ4n) is 4.68. The Labute approximate surface area is 152 Å². The highest BCUT2D eigenvalue weighted by molar-refractivity contribution is 5.98. The van der Waals surface area contributed by atoms with Gasteiger partial charge in [-0.15, -0.1) is 0 Å². The van der Waals surface area contributed by atoms with Crippen molar-refractivity contribution in [2.75, 3.05) is 5.32 Å². The van der Waals surface area contributed by atoms with E-state index in [1.54, 1.807) is 0 Å². The molecule has 2 N–H and O–H groups in total. The number of H-pyrrole nitrogens is 1. The van der Waals surface area contributed by atoms with Gasteiger partial charge in [-0.05, 0) is 54.2 Å². The summed E-state index contributed by atoms with van der Waals surface area (Å²) in [5, 5.41) is 5.14. The average Bonchev–Trinajstić information content (AvgIpc) is 3.25. The Morgan fingerprint density at radius 1 is 1.00 bits per heavy atom. The number of hydrogen-bond acceptors (Lipinski definition) is 1. The number of nitrogens with one attached hydrogen (secondary N) is 2. The van der Waals surface area contributed by atoms with Crippen LogP contribution in [-0.2, 0) is 6.42 Å². The molecule has 6 rings (SSSR count). The molecule has 2 heteroatoms. The molecule has 0 saturated carbocycles. The number of para-hydroxylation sites is 1. The molecule has 1 unspecified atom stereocenters. The zero-order valence-electron chi connectivity index (χ0n) is 14.5. The highest BCUT2D eigenvalue weighted by Crippen LogP contribution is 2.44. The van der Waals surface area contributed by atoms with Crippen LogP contribution in [0, 0.1) is 0 Å². The molecular weight excluding hydrogens is 316 g/mol. The third-order valence-electron chi connectivity index (χ3n) is 5.95. The van der Waals surface area contributed by atoms with Gasteiger partial charge in [-0.2, -0.15) is 0 Å². The Hall–Kier alpha value is -3.00. The van der Waals surface area contributed by atoms with Crippen molar-refractivity contribution in [3.8, 4) is 11.1 Å². The lowest BCUT2D eigenvalue weighted by atomic mass is 9.93. The molecule has 2 aliphatic carbocycles. The van der Waals surface area contributed by atoms with Crippen molar-refractivity contribution in [3.63, 3.8) is 0 Å². The standard InChI is InChI=1S/C24H20N2/c1-4-11-22-17(6-1)19-9-5-8-16(24(19)26-22)15-12-13-23-20(14-15)18-7-2-3-10-21(18)25-23/h1,3-6,8-10,12-14,22,25-26H,2,7,11H2. The molecule has 0 amide bonds. The molecule has 3 aliphatic rings. The van der Waals surface area contributed by atoms with E-state index in [-0.39, 0.29) is 0 Å². The van der Waals surface area contributed by atoms with E-state index in [1.165, 1.54) is 50.1 Å². The number of aromatic nitrogens is 1. The summed E-state index contributed by atoms with van der Waals surface area (Å²) in [4.78, 5) is 3.57. The van der Waals surface area contributed by atoms with Gasteiger partial charge in [-0.1, -0.05) is 48.6 Å². The minimum atomic E-state index is 0.421. The Kier molecular flexibility index (Phi) is 2.87. The van der Waals surface area contributed by atoms with Gasteiger partial charge >= 0.3 is 0 Å². The van der Waals surface area contributed by atoms with E-state index >= 15 is 0 Å². The van der Waals surface area contributed by atoms with Crippen molar-refractivity contribution in [2.24, 2.45) is 0 Å². The van der Waals surface area contributed by atoms with Crippen LogP contribution in [0.1, 0.15) is 29.7 Å². The van der Waals surface area contributed by atoms with Crippen LogP contribution >= 0.6 is 0 Å². The van der Waals surface area contributed by atoms with Crippen LogP contribution in [0.5, 0.6) is 0 Å². The van der Waals surface area contributed by atoms with Gasteiger partial charge in [0.05, 0.1) is 11.7 Å². The second-order valence-corrected chi connectivity index (χ2v) is 7.43. The SMILES string of the molecule is C1=CCC2Nc3c(cccc3-c3ccc4[nH]c5c(c4c3)CCC=C5)C2=C1. The van der Waals surface area contributed by atoms with Crippen LogP contribution < -0.4 is 5.32 Å². The first-order valence-electron chi connectivity index (χ1n) is 9.47. The van der Waals surface area contributed by atoms with Crippen molar-refractivity contribution in [3.05, 3.63) is 77.5 Å². The van der Waals surface area contributed by atoms with Crippen LogP contribution in [0.25, 0.3) is 33.7 Å². The fourth-order valence-corrected chi connectivity index (χ4v) is 4.68. The summed E-state index contributed by atoms with van der Waals surface area (Å²) in [5.41, 5.74) is 10.7. The van der Waals surface area contributed by atoms with E-state index in [9.17, 15) is 0 Å². The quantitative estimate of drug-likeness (QED) is 0.566. The summed E-state index contributed by atoms with van der Waals surface area (Å²) < 4.78 is 0. The largest absolute Gasteiger partial charge is 0.377 e. The maximum absolute atomic E-state index is 3.77. The number of rotatable bonds is 1. The first kappa shape index (κ1) is 14.2. The Morgan fingerprint density at radius 2 is 1.96 bits per heavy atom. The molecule has 0 bridgehead atoms. The minimum absolute atomic E-state index is 0.421. The van der Waals surface area contributed by atoms with Crippen molar-refractivity contribution in [1.82, 2.24) is 4.98 Å². The van der Waals surface area contributed by atoms with Crippen LogP contribution in [-0.4, -0.2) is 11.0 Å². The minimum Gasteiger partial charge on any atom is -0.377 e. The molecule has 0 fully saturated rings. The second kappa shape index (κ2) is 5.25. The van der Waals surface area contributed by atoms with E-state index < -0.39 is 0 Å². The second-order valence-electron chi connectivity index (χ2n) is 7.43. The third-order valence-corrected chi connectivity index (χ3v) is 5.95. The van der Waals surface area contributed by atoms with Gasteiger partial charge in [0.2, 0.25) is 0 Å². The molecule has 0 spiro atoms. The smallest absolute Gasteiger partial charge is 0.0555 e. The van der Waals surface area contributed by atoms with Crippen molar-refractivity contribution in [2.45, 2.75) is 25.3 Å². The summed E-state index contributed by atoms with van der Waals surface area (Å²) in [6, 6.07) is 14.0. The number of hydrogen-bond donors (Lipinski definition) is 2. The molecule has 1 atom stereocenters. The van der Waals surface area contributed by atoms with Crippen molar-refractivity contribution < 1.29 is 0 Å². The summed E-state index contributed by atoms with van der Waals surface area (Å²) in [6.45, 7) is 0. The van der Waals surface area contributed by atoms with E-state index in [0.717, 1.165) is 19.3 Å². The molecule has 2 nitrogen and oxygen atoms in total. The van der Waals surface area contributed by atoms with Crippen LogP contribution in [0.2, 0.25) is 0 Å². The zero-order valence-corrected chi connectivity index (χ0v) is 14.5. The number of aryl methyl sites for hydroxylation is 1. The predicted molar refractivity (Wildman–Crippen MR) is 110 cm³/mol. The lowest BCUT2D eigenvalue weighted by Gasteiger charge is -2.14. The molecule has 3 aromatic rings. The highest BCUT2D eigenvalue weighted by atomic mass is 15.0. The molecule has 1 aromatic heterocycles. The van der Waals surface area contributed by atoms with E-state index in [2.05, 4.69) is 77.1 Å². The first-order chi connectivity index (χ1) is 12.9. The number of aromatic amines is 1. The maximum atomic E-state index is 3.77. The molecule has 0 radical (unpaired) electrons. The van der Waals surface area contributed by atoms with Crippen molar-refractivity contribution >= 4 is 28.2 Å². The van der Waals surface area contributed by atoms with Crippen LogP contribution in [0.3, 0.4) is 0 Å². The Morgan fingerprint density at radius 3 is 2.96 bits per heavy atom. The van der Waals surface area contributed by atoms with Gasteiger partial charge < -0.3 is 10.3 Å². The van der Waals surface area contributed by atoms with Crippen molar-refractivity contribution in [1.29, 1.82) is 0 Å². The third kappa shape index (κ3) is 1.93. The van der Waals surface area contributed by atoms with Gasteiger partial charge in [0.1, 0.15) is 0 Å². The summed E-state index contributed by atoms with van der Waals surface area (Å²) in [5.74, 6) is 0. The highest BCUT2D eigenvalue weighted by Gasteiger charge is 2.28. The number of allylic oxidation sites excluding steroid dienone is 3. The predicted octanol–water partition coefficient (Wildman–Crippen LogP) is 5.93. The molecule has 0 saturated heterocycles. The van der Waals surface area contributed by atoms with E-state index in [1.807, 2.05) is 0 Å². The molecular formula is C24H20N2. The lowest BCUT2D eigenvalue weighted by molar-refractivity contribution is 0.928. The average molecular weight is 336 g/mol. The fraction of sp³-hybridized carbons (Fsp3) is 0.167. The Bertz CT molecular complexity index is 1140. The van der Waals surface area contributed by atoms with Gasteiger partial charge in [0, 0.05) is 27.7 Å². The normalized spacial score (nSPS) is 19.7. The lowest BCUT2D eigenvalue weighted by Crippen LogP contribution is -2.14. The monoisotopic (exact) mass is 336 g/mol. The zero-order chi connectivity index (χ0) is 17.1. The van der Waals surface area contributed by atoms with Gasteiger partial charge in [0.15, 0.2) is 0 Å². The Balaban J connectivity index is 1.54. The van der Waals surface area contributed by atoms with E-state index in [4.69, 9.17) is 0 Å². The number of anilines is 1. The summed E-state index contributed by atoms with van der Waals surface area (Å²) in [7, 11) is 0. The van der Waals surface area contributed by atoms with Gasteiger partial charge in [0.25, 0.3) is 0 Å². The molecule has 1 aliphatic heterocycles. The summed E-state index contributed by atoms with van der Waals surface area (Å²) >= 11 is 0. The molecule has 126 valence electrons. The molecule has 2 aromatic carbocycles. The topological polar surface area (TPSA) is 27.8 Å². The number of fused-ring (bicyclic) bond motifs is 6. The van der Waals surface area contributed by atoms with Crippen LogP contribution in [0.15, 0.2) is 60.7 Å². The molecule has 26 heavy (non-hydrogen) atoms. The van der Waals surface area contributed by atoms with Gasteiger partial charge in [-0.25, -0.2) is 0 Å². The first-order valence-corrected chi connectivity index (χ1v) is 9.47. The van der Waals surface area contributed by atoms with E-state index in [0.29, 0.717) is 6.04 Å². The maximum Gasteiger partial charge on any atom is 0.0555 e. The molecule has 2 heterocycles. The van der Waals surface area contributed by atoms with Gasteiger partial charge in [-0.3, -0.25) is 0 Å².